The van der Waals surface area contributed by atoms with Gasteiger partial charge in [-0.2, -0.15) is 0 Å². The smallest absolute Gasteiger partial charge is 0.139 e. The van der Waals surface area contributed by atoms with Crippen LogP contribution in [0.15, 0.2) is 16.6 Å². The van der Waals surface area contributed by atoms with E-state index in [1.165, 1.54) is 31.2 Å². The van der Waals surface area contributed by atoms with Crippen LogP contribution in [-0.4, -0.2) is 26.8 Å². The van der Waals surface area contributed by atoms with Gasteiger partial charge in [-0.05, 0) is 53.4 Å². The third kappa shape index (κ3) is 6.27. The highest BCUT2D eigenvalue weighted by Crippen LogP contribution is 2.37. The van der Waals surface area contributed by atoms with Crippen molar-refractivity contribution in [2.45, 2.75) is 52.0 Å². The molecule has 0 aliphatic carbocycles. The van der Waals surface area contributed by atoms with Gasteiger partial charge in [0, 0.05) is 6.04 Å². The van der Waals surface area contributed by atoms with E-state index in [1.54, 1.807) is 14.2 Å². The minimum Gasteiger partial charge on any atom is -0.495 e. The van der Waals surface area contributed by atoms with E-state index in [0.717, 1.165) is 28.9 Å². The predicted molar refractivity (Wildman–Crippen MR) is 92.6 cm³/mol. The van der Waals surface area contributed by atoms with Crippen molar-refractivity contribution in [2.75, 3.05) is 20.8 Å². The van der Waals surface area contributed by atoms with Crippen LogP contribution in [0.1, 0.15) is 45.1 Å². The molecule has 0 heterocycles. The fraction of sp³-hybridized carbons (Fsp3) is 0.647. The molecule has 0 amide bonds. The van der Waals surface area contributed by atoms with E-state index >= 15 is 0 Å². The van der Waals surface area contributed by atoms with Gasteiger partial charge in [-0.15, -0.1) is 0 Å². The molecule has 0 radical (unpaired) electrons. The lowest BCUT2D eigenvalue weighted by Gasteiger charge is -2.13. The predicted octanol–water partition coefficient (Wildman–Crippen LogP) is 4.57. The van der Waals surface area contributed by atoms with E-state index < -0.39 is 0 Å². The molecular formula is C17H28BrNO2. The third-order valence-electron chi connectivity index (χ3n) is 3.49. The minimum absolute atomic E-state index is 0.589. The molecule has 0 fully saturated rings. The van der Waals surface area contributed by atoms with Crippen LogP contribution in [0.5, 0.6) is 11.5 Å². The first-order chi connectivity index (χ1) is 10.1. The first-order valence-corrected chi connectivity index (χ1v) is 8.52. The third-order valence-corrected chi connectivity index (χ3v) is 4.24. The molecule has 1 rings (SSSR count). The number of benzene rings is 1. The molecule has 0 atom stereocenters. The quantitative estimate of drug-likeness (QED) is 0.622. The molecule has 0 saturated heterocycles. The second-order valence-electron chi connectivity index (χ2n) is 5.55. The van der Waals surface area contributed by atoms with Gasteiger partial charge in [0.05, 0.1) is 14.2 Å². The van der Waals surface area contributed by atoms with Crippen LogP contribution in [0.3, 0.4) is 0 Å². The fourth-order valence-corrected chi connectivity index (χ4v) is 3.05. The normalized spacial score (nSPS) is 11.0. The number of methoxy groups -OCH3 is 2. The summed E-state index contributed by atoms with van der Waals surface area (Å²) in [5.41, 5.74) is 1.24. The van der Waals surface area contributed by atoms with Crippen LogP contribution in [-0.2, 0) is 6.42 Å². The number of nitrogens with one attached hydrogen (secondary N) is 1. The number of hydrogen-bond donors (Lipinski definition) is 1. The van der Waals surface area contributed by atoms with Crippen LogP contribution >= 0.6 is 15.9 Å². The first kappa shape index (κ1) is 18.3. The van der Waals surface area contributed by atoms with Gasteiger partial charge in [-0.25, -0.2) is 0 Å². The highest BCUT2D eigenvalue weighted by molar-refractivity contribution is 9.10. The van der Waals surface area contributed by atoms with Crippen molar-refractivity contribution in [3.8, 4) is 11.5 Å². The topological polar surface area (TPSA) is 30.5 Å². The second kappa shape index (κ2) is 10.1. The Labute approximate surface area is 137 Å². The van der Waals surface area contributed by atoms with Crippen molar-refractivity contribution in [1.29, 1.82) is 0 Å². The van der Waals surface area contributed by atoms with Gasteiger partial charge >= 0.3 is 0 Å². The van der Waals surface area contributed by atoms with Gasteiger partial charge in [-0.1, -0.05) is 32.8 Å². The van der Waals surface area contributed by atoms with Gasteiger partial charge in [0.2, 0.25) is 0 Å². The molecule has 0 aliphatic heterocycles. The Kier molecular flexibility index (Phi) is 8.77. The van der Waals surface area contributed by atoms with Crippen molar-refractivity contribution in [3.63, 3.8) is 0 Å². The number of ether oxygens (including phenoxy) is 2. The number of halogens is 1. The summed E-state index contributed by atoms with van der Waals surface area (Å²) >= 11 is 3.55. The van der Waals surface area contributed by atoms with Crippen molar-refractivity contribution < 1.29 is 9.47 Å². The Morgan fingerprint density at radius 3 is 2.38 bits per heavy atom. The van der Waals surface area contributed by atoms with Crippen molar-refractivity contribution >= 4 is 15.9 Å². The molecule has 1 aromatic carbocycles. The van der Waals surface area contributed by atoms with Gasteiger partial charge in [0.25, 0.3) is 0 Å². The summed E-state index contributed by atoms with van der Waals surface area (Å²) in [5, 5.41) is 3.45. The zero-order chi connectivity index (χ0) is 15.7. The SMILES string of the molecule is COc1ccc(CCCCCCNC(C)C)c(OC)c1Br. The maximum absolute atomic E-state index is 5.50. The molecule has 1 aromatic rings. The van der Waals surface area contributed by atoms with E-state index in [9.17, 15) is 0 Å². The highest BCUT2D eigenvalue weighted by atomic mass is 79.9. The molecule has 3 nitrogen and oxygen atoms in total. The molecule has 4 heteroatoms. The number of rotatable bonds is 10. The Bertz CT molecular complexity index is 421. The van der Waals surface area contributed by atoms with Gasteiger partial charge < -0.3 is 14.8 Å². The minimum atomic E-state index is 0.589. The Morgan fingerprint density at radius 1 is 1.05 bits per heavy atom. The molecule has 1 N–H and O–H groups in total. The summed E-state index contributed by atoms with van der Waals surface area (Å²) < 4.78 is 11.7. The maximum Gasteiger partial charge on any atom is 0.139 e. The molecule has 0 spiro atoms. The Hall–Kier alpha value is -0.740. The molecule has 0 aliphatic rings. The van der Waals surface area contributed by atoms with Crippen molar-refractivity contribution in [1.82, 2.24) is 5.32 Å². The van der Waals surface area contributed by atoms with Crippen LogP contribution in [0.25, 0.3) is 0 Å². The summed E-state index contributed by atoms with van der Waals surface area (Å²) in [7, 11) is 3.38. The summed E-state index contributed by atoms with van der Waals surface area (Å²) in [6.45, 7) is 5.50. The fourth-order valence-electron chi connectivity index (χ4n) is 2.34. The number of aryl methyl sites for hydroxylation is 1. The zero-order valence-corrected chi connectivity index (χ0v) is 15.3. The molecule has 120 valence electrons. The van der Waals surface area contributed by atoms with Crippen LogP contribution < -0.4 is 14.8 Å². The second-order valence-corrected chi connectivity index (χ2v) is 6.34. The summed E-state index contributed by atoms with van der Waals surface area (Å²) in [6, 6.07) is 4.68. The summed E-state index contributed by atoms with van der Waals surface area (Å²) in [4.78, 5) is 0. The number of hydrogen-bond acceptors (Lipinski definition) is 3. The van der Waals surface area contributed by atoms with Gasteiger partial charge in [-0.3, -0.25) is 0 Å². The van der Waals surface area contributed by atoms with Gasteiger partial charge in [0.15, 0.2) is 0 Å². The van der Waals surface area contributed by atoms with E-state index in [-0.39, 0.29) is 0 Å². The largest absolute Gasteiger partial charge is 0.495 e. The monoisotopic (exact) mass is 357 g/mol. The van der Waals surface area contributed by atoms with Crippen LogP contribution in [0, 0.1) is 0 Å². The van der Waals surface area contributed by atoms with Crippen molar-refractivity contribution in [3.05, 3.63) is 22.2 Å². The lowest BCUT2D eigenvalue weighted by Crippen LogP contribution is -2.23. The Balaban J connectivity index is 2.37. The lowest BCUT2D eigenvalue weighted by atomic mass is 10.0. The van der Waals surface area contributed by atoms with E-state index in [4.69, 9.17) is 9.47 Å². The lowest BCUT2D eigenvalue weighted by molar-refractivity contribution is 0.385. The standard InChI is InChI=1S/C17H28BrNO2/c1-13(2)19-12-8-6-5-7-9-14-10-11-15(20-3)16(18)17(14)21-4/h10-11,13,19H,5-9,12H2,1-4H3. The Morgan fingerprint density at radius 2 is 1.76 bits per heavy atom. The molecule has 21 heavy (non-hydrogen) atoms. The summed E-state index contributed by atoms with van der Waals surface area (Å²) in [6.07, 6.45) is 6.02. The first-order valence-electron chi connectivity index (χ1n) is 7.72. The average molecular weight is 358 g/mol. The molecule has 0 aromatic heterocycles. The highest BCUT2D eigenvalue weighted by Gasteiger charge is 2.12. The number of unbranched alkanes of at least 4 members (excludes halogenated alkanes) is 3. The van der Waals surface area contributed by atoms with Gasteiger partial charge in [0.1, 0.15) is 16.0 Å². The van der Waals surface area contributed by atoms with Crippen molar-refractivity contribution in [2.24, 2.45) is 0 Å². The van der Waals surface area contributed by atoms with Crippen LogP contribution in [0.4, 0.5) is 0 Å². The van der Waals surface area contributed by atoms with E-state index in [2.05, 4.69) is 41.2 Å². The average Bonchev–Trinajstić information content (AvgIpc) is 2.46. The molecule has 0 saturated carbocycles. The molecule has 0 bridgehead atoms. The van der Waals surface area contributed by atoms with E-state index in [0.29, 0.717) is 6.04 Å². The molecule has 0 unspecified atom stereocenters. The van der Waals surface area contributed by atoms with Crippen LogP contribution in [0.2, 0.25) is 0 Å². The summed E-state index contributed by atoms with van der Waals surface area (Å²) in [5.74, 6) is 1.71. The maximum atomic E-state index is 5.50. The van der Waals surface area contributed by atoms with E-state index in [1.807, 2.05) is 6.07 Å². The zero-order valence-electron chi connectivity index (χ0n) is 13.7. The molecular weight excluding hydrogens is 330 g/mol.